The van der Waals surface area contributed by atoms with Gasteiger partial charge in [0.15, 0.2) is 0 Å². The third-order valence-corrected chi connectivity index (χ3v) is 3.53. The van der Waals surface area contributed by atoms with Gasteiger partial charge in [-0.15, -0.1) is 0 Å². The van der Waals surface area contributed by atoms with Gasteiger partial charge in [0.05, 0.1) is 6.10 Å². The summed E-state index contributed by atoms with van der Waals surface area (Å²) >= 11 is 0. The Kier molecular flexibility index (Phi) is 3.71. The molecule has 4 unspecified atom stereocenters. The van der Waals surface area contributed by atoms with Crippen LogP contribution in [0, 0.1) is 5.92 Å². The summed E-state index contributed by atoms with van der Waals surface area (Å²) in [5, 5.41) is 9.88. The highest BCUT2D eigenvalue weighted by atomic mass is 16.3. The van der Waals surface area contributed by atoms with Gasteiger partial charge in [0.2, 0.25) is 0 Å². The van der Waals surface area contributed by atoms with Crippen LogP contribution in [0.3, 0.4) is 0 Å². The van der Waals surface area contributed by atoms with Crippen LogP contribution in [-0.4, -0.2) is 41.8 Å². The van der Waals surface area contributed by atoms with E-state index in [9.17, 15) is 5.11 Å². The molecule has 0 spiro atoms. The van der Waals surface area contributed by atoms with Gasteiger partial charge in [0, 0.05) is 18.0 Å². The predicted molar refractivity (Wildman–Crippen MR) is 54.5 cm³/mol. The molecule has 0 aromatic rings. The van der Waals surface area contributed by atoms with Crippen molar-refractivity contribution in [2.24, 2.45) is 11.7 Å². The van der Waals surface area contributed by atoms with Gasteiger partial charge in [0.1, 0.15) is 0 Å². The molecule has 1 saturated heterocycles. The molecule has 0 amide bonds. The van der Waals surface area contributed by atoms with Gasteiger partial charge < -0.3 is 15.7 Å². The lowest BCUT2D eigenvalue weighted by Gasteiger charge is -2.44. The van der Waals surface area contributed by atoms with E-state index >= 15 is 0 Å². The summed E-state index contributed by atoms with van der Waals surface area (Å²) in [4.78, 5) is 2.34. The average molecular weight is 186 g/mol. The van der Waals surface area contributed by atoms with E-state index in [4.69, 9.17) is 5.73 Å². The van der Waals surface area contributed by atoms with Crippen LogP contribution in [0.4, 0.5) is 0 Å². The fourth-order valence-electron chi connectivity index (χ4n) is 2.34. The SMILES string of the molecule is CC1CC(O)C(CCN)C(C)N1C. The van der Waals surface area contributed by atoms with Crippen LogP contribution in [0.15, 0.2) is 0 Å². The van der Waals surface area contributed by atoms with Gasteiger partial charge in [0.25, 0.3) is 0 Å². The second kappa shape index (κ2) is 4.40. The minimum atomic E-state index is -0.162. The third-order valence-electron chi connectivity index (χ3n) is 3.53. The Morgan fingerprint density at radius 2 is 2.08 bits per heavy atom. The van der Waals surface area contributed by atoms with Gasteiger partial charge in [-0.1, -0.05) is 0 Å². The topological polar surface area (TPSA) is 49.5 Å². The molecule has 1 aliphatic rings. The number of aliphatic hydroxyl groups excluding tert-OH is 1. The number of aliphatic hydroxyl groups is 1. The predicted octanol–water partition coefficient (Wildman–Crippen LogP) is 0.425. The Hall–Kier alpha value is -0.120. The molecule has 4 atom stereocenters. The first-order chi connectivity index (χ1) is 6.07. The van der Waals surface area contributed by atoms with Crippen molar-refractivity contribution in [1.82, 2.24) is 4.90 Å². The normalized spacial score (nSPS) is 42.2. The molecule has 1 aliphatic heterocycles. The maximum atomic E-state index is 9.88. The van der Waals surface area contributed by atoms with Crippen LogP contribution in [0.5, 0.6) is 0 Å². The van der Waals surface area contributed by atoms with Crippen LogP contribution >= 0.6 is 0 Å². The zero-order valence-electron chi connectivity index (χ0n) is 8.90. The monoisotopic (exact) mass is 186 g/mol. The van der Waals surface area contributed by atoms with Crippen LogP contribution in [0.1, 0.15) is 26.7 Å². The average Bonchev–Trinajstić information content (AvgIpc) is 2.09. The Bertz CT molecular complexity index is 163. The van der Waals surface area contributed by atoms with E-state index in [1.807, 2.05) is 0 Å². The fourth-order valence-corrected chi connectivity index (χ4v) is 2.34. The number of nitrogens with zero attached hydrogens (tertiary/aromatic N) is 1. The Balaban J connectivity index is 2.61. The van der Waals surface area contributed by atoms with Crippen molar-refractivity contribution in [3.8, 4) is 0 Å². The molecule has 1 fully saturated rings. The third kappa shape index (κ3) is 2.22. The highest BCUT2D eigenvalue weighted by molar-refractivity contribution is 4.89. The first-order valence-electron chi connectivity index (χ1n) is 5.18. The smallest absolute Gasteiger partial charge is 0.0598 e. The molecule has 3 N–H and O–H groups in total. The van der Waals surface area contributed by atoms with Crippen molar-refractivity contribution in [2.75, 3.05) is 13.6 Å². The highest BCUT2D eigenvalue weighted by Gasteiger charge is 2.35. The van der Waals surface area contributed by atoms with Crippen molar-refractivity contribution in [1.29, 1.82) is 0 Å². The first-order valence-corrected chi connectivity index (χ1v) is 5.18. The van der Waals surface area contributed by atoms with Crippen LogP contribution in [0.2, 0.25) is 0 Å². The molecule has 13 heavy (non-hydrogen) atoms. The minimum Gasteiger partial charge on any atom is -0.393 e. The van der Waals surface area contributed by atoms with E-state index in [1.165, 1.54) is 0 Å². The van der Waals surface area contributed by atoms with Gasteiger partial charge in [-0.3, -0.25) is 0 Å². The molecular weight excluding hydrogens is 164 g/mol. The molecule has 0 bridgehead atoms. The first kappa shape index (κ1) is 11.0. The summed E-state index contributed by atoms with van der Waals surface area (Å²) in [6.45, 7) is 5.02. The molecule has 78 valence electrons. The highest BCUT2D eigenvalue weighted by Crippen LogP contribution is 2.28. The molecule has 0 saturated carbocycles. The number of hydrogen-bond acceptors (Lipinski definition) is 3. The zero-order chi connectivity index (χ0) is 10.0. The number of likely N-dealkylation sites (tertiary alicyclic amines) is 1. The lowest BCUT2D eigenvalue weighted by Crippen LogP contribution is -2.52. The van der Waals surface area contributed by atoms with Crippen molar-refractivity contribution >= 4 is 0 Å². The number of rotatable bonds is 2. The van der Waals surface area contributed by atoms with E-state index in [0.29, 0.717) is 24.5 Å². The maximum Gasteiger partial charge on any atom is 0.0598 e. The van der Waals surface area contributed by atoms with E-state index in [-0.39, 0.29) is 6.10 Å². The maximum absolute atomic E-state index is 9.88. The van der Waals surface area contributed by atoms with Crippen LogP contribution in [-0.2, 0) is 0 Å². The molecule has 0 radical (unpaired) electrons. The van der Waals surface area contributed by atoms with Crippen molar-refractivity contribution in [3.63, 3.8) is 0 Å². The largest absolute Gasteiger partial charge is 0.393 e. The van der Waals surface area contributed by atoms with Crippen LogP contribution < -0.4 is 5.73 Å². The van der Waals surface area contributed by atoms with Crippen LogP contribution in [0.25, 0.3) is 0 Å². The molecule has 0 aromatic heterocycles. The van der Waals surface area contributed by atoms with Gasteiger partial charge in [-0.2, -0.15) is 0 Å². The summed E-state index contributed by atoms with van der Waals surface area (Å²) in [5.41, 5.74) is 5.53. The molecule has 0 aliphatic carbocycles. The van der Waals surface area contributed by atoms with E-state index < -0.39 is 0 Å². The van der Waals surface area contributed by atoms with Gasteiger partial charge in [-0.25, -0.2) is 0 Å². The molecule has 3 nitrogen and oxygen atoms in total. The number of hydrogen-bond donors (Lipinski definition) is 2. The fraction of sp³-hybridized carbons (Fsp3) is 1.00. The second-order valence-electron chi connectivity index (χ2n) is 4.30. The summed E-state index contributed by atoms with van der Waals surface area (Å²) in [6, 6.07) is 0.932. The Labute approximate surface area is 80.9 Å². The lowest BCUT2D eigenvalue weighted by molar-refractivity contribution is -0.0282. The lowest BCUT2D eigenvalue weighted by atomic mass is 9.82. The summed E-state index contributed by atoms with van der Waals surface area (Å²) < 4.78 is 0. The molecular formula is C10H22N2O. The van der Waals surface area contributed by atoms with Crippen molar-refractivity contribution in [2.45, 2.75) is 44.9 Å². The molecule has 0 aromatic carbocycles. The Morgan fingerprint density at radius 3 is 2.62 bits per heavy atom. The summed E-state index contributed by atoms with van der Waals surface area (Å²) in [5.74, 6) is 0.353. The quantitative estimate of drug-likeness (QED) is 0.657. The van der Waals surface area contributed by atoms with Crippen molar-refractivity contribution < 1.29 is 5.11 Å². The second-order valence-corrected chi connectivity index (χ2v) is 4.30. The van der Waals surface area contributed by atoms with Gasteiger partial charge >= 0.3 is 0 Å². The molecule has 1 rings (SSSR count). The zero-order valence-corrected chi connectivity index (χ0v) is 8.90. The Morgan fingerprint density at radius 1 is 1.46 bits per heavy atom. The number of piperidine rings is 1. The van der Waals surface area contributed by atoms with Crippen molar-refractivity contribution in [3.05, 3.63) is 0 Å². The summed E-state index contributed by atoms with van der Waals surface area (Å²) in [6.07, 6.45) is 1.65. The molecule has 3 heteroatoms. The summed E-state index contributed by atoms with van der Waals surface area (Å²) in [7, 11) is 2.13. The standard InChI is InChI=1S/C10H22N2O/c1-7-6-10(13)9(4-5-11)8(2)12(7)3/h7-10,13H,4-6,11H2,1-3H3. The van der Waals surface area contributed by atoms with E-state index in [1.54, 1.807) is 0 Å². The van der Waals surface area contributed by atoms with E-state index in [0.717, 1.165) is 12.8 Å². The number of nitrogens with two attached hydrogens (primary N) is 1. The van der Waals surface area contributed by atoms with E-state index in [2.05, 4.69) is 25.8 Å². The van der Waals surface area contributed by atoms with Gasteiger partial charge in [-0.05, 0) is 40.3 Å². The molecule has 1 heterocycles. The minimum absolute atomic E-state index is 0.162.